The van der Waals surface area contributed by atoms with E-state index in [1.807, 2.05) is 27.7 Å². The monoisotopic (exact) mass is 229 g/mol. The molecule has 1 aromatic rings. The number of carbonyl (C=O) groups excluding carboxylic acids is 1. The Morgan fingerprint density at radius 2 is 2.20 bits per heavy atom. The first kappa shape index (κ1) is 11.9. The number of alkyl carbamates (subject to hydrolysis) is 1. The molecule has 0 aromatic carbocycles. The lowest BCUT2D eigenvalue weighted by Gasteiger charge is -2.19. The Morgan fingerprint density at radius 3 is 2.67 bits per heavy atom. The summed E-state index contributed by atoms with van der Waals surface area (Å²) in [4.78, 5) is 12.2. The number of amides is 1. The molecule has 0 fully saturated rings. The van der Waals surface area contributed by atoms with Gasteiger partial charge in [0.1, 0.15) is 5.60 Å². The molecule has 0 saturated heterocycles. The minimum atomic E-state index is -0.467. The van der Waals surface area contributed by atoms with E-state index < -0.39 is 11.7 Å². The molecule has 0 saturated carbocycles. The van der Waals surface area contributed by atoms with Crippen LogP contribution in [-0.2, 0) is 11.3 Å². The molecule has 15 heavy (non-hydrogen) atoms. The van der Waals surface area contributed by atoms with Crippen LogP contribution in [0.15, 0.2) is 0 Å². The van der Waals surface area contributed by atoms with E-state index >= 15 is 0 Å². The van der Waals surface area contributed by atoms with Gasteiger partial charge in [-0.2, -0.15) is 0 Å². The van der Waals surface area contributed by atoms with Gasteiger partial charge >= 0.3 is 6.09 Å². The van der Waals surface area contributed by atoms with Gasteiger partial charge in [0.25, 0.3) is 0 Å². The standard InChI is InChI=1S/C9H15N3O2S/c1-6-7(15-12-11-6)5-10-8(13)14-9(2,3)4/h5H2,1-4H3,(H,10,13). The van der Waals surface area contributed by atoms with Gasteiger partial charge in [0, 0.05) is 0 Å². The second kappa shape index (κ2) is 4.57. The van der Waals surface area contributed by atoms with Crippen molar-refractivity contribution >= 4 is 17.6 Å². The highest BCUT2D eigenvalue weighted by Crippen LogP contribution is 2.10. The van der Waals surface area contributed by atoms with Gasteiger partial charge in [0.2, 0.25) is 0 Å². The summed E-state index contributed by atoms with van der Waals surface area (Å²) in [6.07, 6.45) is -0.421. The van der Waals surface area contributed by atoms with Crippen molar-refractivity contribution in [2.45, 2.75) is 39.8 Å². The first-order chi connectivity index (χ1) is 6.88. The second-order valence-corrected chi connectivity index (χ2v) is 4.98. The number of hydrogen-bond donors (Lipinski definition) is 1. The van der Waals surface area contributed by atoms with Crippen molar-refractivity contribution in [2.24, 2.45) is 0 Å². The third-order valence-corrected chi connectivity index (χ3v) is 2.36. The van der Waals surface area contributed by atoms with Crippen LogP contribution in [0.3, 0.4) is 0 Å². The smallest absolute Gasteiger partial charge is 0.407 e. The number of carbonyl (C=O) groups is 1. The lowest BCUT2D eigenvalue weighted by Crippen LogP contribution is -2.32. The molecule has 0 radical (unpaired) electrons. The summed E-state index contributed by atoms with van der Waals surface area (Å²) in [5.41, 5.74) is 0.376. The highest BCUT2D eigenvalue weighted by atomic mass is 32.1. The fourth-order valence-corrected chi connectivity index (χ4v) is 1.45. The molecular formula is C9H15N3O2S. The van der Waals surface area contributed by atoms with Crippen LogP contribution in [-0.4, -0.2) is 21.3 Å². The van der Waals surface area contributed by atoms with Crippen molar-refractivity contribution in [3.63, 3.8) is 0 Å². The van der Waals surface area contributed by atoms with E-state index in [0.29, 0.717) is 6.54 Å². The highest BCUT2D eigenvalue weighted by Gasteiger charge is 2.16. The SMILES string of the molecule is Cc1nnsc1CNC(=O)OC(C)(C)C. The number of nitrogens with zero attached hydrogens (tertiary/aromatic N) is 2. The van der Waals surface area contributed by atoms with Gasteiger partial charge in [-0.05, 0) is 39.2 Å². The molecule has 84 valence electrons. The Morgan fingerprint density at radius 1 is 1.53 bits per heavy atom. The third kappa shape index (κ3) is 4.24. The van der Waals surface area contributed by atoms with Gasteiger partial charge in [-0.15, -0.1) is 5.10 Å². The summed E-state index contributed by atoms with van der Waals surface area (Å²) >= 11 is 1.28. The summed E-state index contributed by atoms with van der Waals surface area (Å²) in [6.45, 7) is 7.75. The van der Waals surface area contributed by atoms with Crippen LogP contribution < -0.4 is 5.32 Å². The normalized spacial score (nSPS) is 11.2. The molecule has 1 rings (SSSR count). The van der Waals surface area contributed by atoms with Crippen molar-refractivity contribution in [1.29, 1.82) is 0 Å². The number of ether oxygens (including phenoxy) is 1. The molecule has 1 heterocycles. The van der Waals surface area contributed by atoms with Crippen molar-refractivity contribution in [3.8, 4) is 0 Å². The molecule has 5 nitrogen and oxygen atoms in total. The van der Waals surface area contributed by atoms with Gasteiger partial charge in [0.05, 0.1) is 17.1 Å². The van der Waals surface area contributed by atoms with Crippen molar-refractivity contribution in [3.05, 3.63) is 10.6 Å². The Labute approximate surface area is 93.0 Å². The Bertz CT molecular complexity index is 343. The van der Waals surface area contributed by atoms with E-state index in [0.717, 1.165) is 10.6 Å². The highest BCUT2D eigenvalue weighted by molar-refractivity contribution is 7.05. The van der Waals surface area contributed by atoms with Crippen LogP contribution in [0.5, 0.6) is 0 Å². The van der Waals surface area contributed by atoms with Gasteiger partial charge in [0.15, 0.2) is 0 Å². The zero-order valence-electron chi connectivity index (χ0n) is 9.33. The fourth-order valence-electron chi connectivity index (χ4n) is 0.880. The zero-order chi connectivity index (χ0) is 11.5. The maximum Gasteiger partial charge on any atom is 0.407 e. The predicted molar refractivity (Wildman–Crippen MR) is 57.7 cm³/mol. The molecule has 1 amide bonds. The maximum atomic E-state index is 11.3. The Kier molecular flexibility index (Phi) is 3.62. The van der Waals surface area contributed by atoms with E-state index in [-0.39, 0.29) is 0 Å². The summed E-state index contributed by atoms with van der Waals surface area (Å²) in [6, 6.07) is 0. The van der Waals surface area contributed by atoms with E-state index in [1.165, 1.54) is 11.5 Å². The average Bonchev–Trinajstić information content (AvgIpc) is 2.44. The number of nitrogens with one attached hydrogen (secondary N) is 1. The van der Waals surface area contributed by atoms with Crippen LogP contribution >= 0.6 is 11.5 Å². The minimum Gasteiger partial charge on any atom is -0.444 e. The van der Waals surface area contributed by atoms with E-state index in [1.54, 1.807) is 0 Å². The molecule has 0 spiro atoms. The van der Waals surface area contributed by atoms with Crippen LogP contribution in [0.2, 0.25) is 0 Å². The minimum absolute atomic E-state index is 0.415. The Balaban J connectivity index is 2.38. The van der Waals surface area contributed by atoms with Crippen molar-refractivity contribution < 1.29 is 9.53 Å². The van der Waals surface area contributed by atoms with Gasteiger partial charge in [-0.3, -0.25) is 0 Å². The summed E-state index contributed by atoms with van der Waals surface area (Å²) in [5.74, 6) is 0. The van der Waals surface area contributed by atoms with Crippen LogP contribution in [0, 0.1) is 6.92 Å². The average molecular weight is 229 g/mol. The van der Waals surface area contributed by atoms with Gasteiger partial charge in [-0.25, -0.2) is 4.79 Å². The van der Waals surface area contributed by atoms with Gasteiger partial charge in [-0.1, -0.05) is 4.49 Å². The van der Waals surface area contributed by atoms with Crippen molar-refractivity contribution in [1.82, 2.24) is 14.9 Å². The maximum absolute atomic E-state index is 11.3. The molecule has 1 N–H and O–H groups in total. The van der Waals surface area contributed by atoms with E-state index in [2.05, 4.69) is 14.9 Å². The quantitative estimate of drug-likeness (QED) is 0.840. The first-order valence-corrected chi connectivity index (χ1v) is 5.40. The molecule has 0 atom stereocenters. The summed E-state index contributed by atoms with van der Waals surface area (Å²) < 4.78 is 8.86. The number of aryl methyl sites for hydroxylation is 1. The largest absolute Gasteiger partial charge is 0.444 e. The molecule has 0 aliphatic rings. The summed E-state index contributed by atoms with van der Waals surface area (Å²) in [7, 11) is 0. The van der Waals surface area contributed by atoms with E-state index in [9.17, 15) is 4.79 Å². The van der Waals surface area contributed by atoms with Crippen LogP contribution in [0.25, 0.3) is 0 Å². The topological polar surface area (TPSA) is 64.1 Å². The molecule has 6 heteroatoms. The molecule has 0 aliphatic heterocycles. The second-order valence-electron chi connectivity index (χ2n) is 4.14. The molecule has 0 unspecified atom stereocenters. The molecule has 0 bridgehead atoms. The summed E-state index contributed by atoms with van der Waals surface area (Å²) in [5, 5.41) is 6.50. The first-order valence-electron chi connectivity index (χ1n) is 4.63. The van der Waals surface area contributed by atoms with Gasteiger partial charge < -0.3 is 10.1 Å². The van der Waals surface area contributed by atoms with Crippen LogP contribution in [0.4, 0.5) is 4.79 Å². The zero-order valence-corrected chi connectivity index (χ0v) is 10.1. The number of aromatic nitrogens is 2. The number of rotatable bonds is 2. The predicted octanol–water partition coefficient (Wildman–Crippen LogP) is 1.87. The fraction of sp³-hybridized carbons (Fsp3) is 0.667. The Hall–Kier alpha value is -1.17. The molecule has 1 aromatic heterocycles. The van der Waals surface area contributed by atoms with E-state index in [4.69, 9.17) is 4.74 Å². The lowest BCUT2D eigenvalue weighted by molar-refractivity contribution is 0.0524. The lowest BCUT2D eigenvalue weighted by atomic mass is 10.2. The number of hydrogen-bond acceptors (Lipinski definition) is 5. The molecule has 0 aliphatic carbocycles. The molecular weight excluding hydrogens is 214 g/mol. The third-order valence-electron chi connectivity index (χ3n) is 1.54. The van der Waals surface area contributed by atoms with Crippen LogP contribution in [0.1, 0.15) is 31.3 Å². The van der Waals surface area contributed by atoms with Crippen molar-refractivity contribution in [2.75, 3.05) is 0 Å².